The van der Waals surface area contributed by atoms with Gasteiger partial charge in [-0.1, -0.05) is 86.1 Å². The minimum absolute atomic E-state index is 0.0232. The molecule has 0 spiro atoms. The molecule has 1 amide bonds. The van der Waals surface area contributed by atoms with E-state index in [0.29, 0.717) is 6.61 Å². The van der Waals surface area contributed by atoms with Crippen molar-refractivity contribution < 1.29 is 14.3 Å². The van der Waals surface area contributed by atoms with Gasteiger partial charge < -0.3 is 9.64 Å². The molecule has 0 aromatic heterocycles. The van der Waals surface area contributed by atoms with E-state index < -0.39 is 0 Å². The molecule has 3 aliphatic rings. The summed E-state index contributed by atoms with van der Waals surface area (Å²) in [5.41, 5.74) is 7.01. The molecule has 190 valence electrons. The van der Waals surface area contributed by atoms with Gasteiger partial charge in [0.25, 0.3) is 0 Å². The van der Waals surface area contributed by atoms with Gasteiger partial charge in [-0.25, -0.2) is 4.79 Å². The molecule has 4 nitrogen and oxygen atoms in total. The largest absolute Gasteiger partial charge is 0.448 e. The zero-order valence-corrected chi connectivity index (χ0v) is 21.6. The van der Waals surface area contributed by atoms with Gasteiger partial charge in [-0.2, -0.15) is 0 Å². The topological polar surface area (TPSA) is 46.6 Å². The molecule has 2 aliphatic heterocycles. The van der Waals surface area contributed by atoms with Gasteiger partial charge in [-0.15, -0.1) is 0 Å². The van der Waals surface area contributed by atoms with Crippen LogP contribution in [0.4, 0.5) is 4.79 Å². The van der Waals surface area contributed by atoms with E-state index in [4.69, 9.17) is 4.74 Å². The summed E-state index contributed by atoms with van der Waals surface area (Å²) in [7, 11) is 0. The van der Waals surface area contributed by atoms with Crippen LogP contribution in [-0.4, -0.2) is 35.5 Å². The third-order valence-corrected chi connectivity index (χ3v) is 8.67. The summed E-state index contributed by atoms with van der Waals surface area (Å²) < 4.78 is 6.03. The number of benzene rings is 3. The first-order valence-electron chi connectivity index (χ1n) is 13.9. The average Bonchev–Trinajstić information content (AvgIpc) is 3.25. The van der Waals surface area contributed by atoms with Crippen molar-refractivity contribution in [1.82, 2.24) is 4.90 Å². The van der Waals surface area contributed by atoms with E-state index in [0.717, 1.165) is 50.5 Å². The molecule has 4 heteroatoms. The van der Waals surface area contributed by atoms with Crippen LogP contribution in [0.5, 0.6) is 0 Å². The Morgan fingerprint density at radius 3 is 2.03 bits per heavy atom. The fourth-order valence-electron chi connectivity index (χ4n) is 6.92. The summed E-state index contributed by atoms with van der Waals surface area (Å²) in [5, 5.41) is 0. The number of ketones is 1. The van der Waals surface area contributed by atoms with Gasteiger partial charge in [0.15, 0.2) is 5.78 Å². The first-order chi connectivity index (χ1) is 18.1. The standard InChI is InChI=1S/C33H35NO3/c1-2-8-22-15-17-23(18-16-22)32(35)24-19-25-9-7-10-26(20-24)34(25)33(36)37-21-31-29-13-5-3-11-27(29)28-12-4-6-14-30(28)31/h3-6,11-18,24-26,31H,2,7-10,19-21H2,1H3. The molecule has 0 N–H and O–H groups in total. The molecule has 2 bridgehead atoms. The zero-order valence-electron chi connectivity index (χ0n) is 21.6. The molecule has 2 heterocycles. The number of nitrogens with zero attached hydrogens (tertiary/aromatic N) is 1. The maximum Gasteiger partial charge on any atom is 0.410 e. The lowest BCUT2D eigenvalue weighted by Crippen LogP contribution is -2.55. The van der Waals surface area contributed by atoms with E-state index in [2.05, 4.69) is 67.6 Å². The maximum absolute atomic E-state index is 13.5. The number of rotatable bonds is 6. The SMILES string of the molecule is CCCc1ccc(C(=O)C2CC3CCCC(C2)N3C(=O)OCC2c3ccccc3-c3ccccc32)cc1. The summed E-state index contributed by atoms with van der Waals surface area (Å²) in [6.45, 7) is 2.51. The second-order valence-corrected chi connectivity index (χ2v) is 10.9. The number of amides is 1. The second kappa shape index (κ2) is 10.2. The lowest BCUT2D eigenvalue weighted by molar-refractivity contribution is 0.00651. The molecular formula is C33H35NO3. The Bertz CT molecular complexity index is 1240. The number of piperidine rings is 2. The predicted molar refractivity (Wildman–Crippen MR) is 146 cm³/mol. The monoisotopic (exact) mass is 493 g/mol. The first-order valence-corrected chi connectivity index (χ1v) is 13.9. The third-order valence-electron chi connectivity index (χ3n) is 8.67. The van der Waals surface area contributed by atoms with Crippen LogP contribution >= 0.6 is 0 Å². The van der Waals surface area contributed by atoms with Gasteiger partial charge in [0.1, 0.15) is 6.61 Å². The van der Waals surface area contributed by atoms with Crippen LogP contribution < -0.4 is 0 Å². The Labute approximate surface area is 219 Å². The Morgan fingerprint density at radius 2 is 1.43 bits per heavy atom. The normalized spacial score (nSPS) is 22.3. The quantitative estimate of drug-likeness (QED) is 0.336. The molecule has 2 unspecified atom stereocenters. The average molecular weight is 494 g/mol. The Morgan fingerprint density at radius 1 is 0.838 bits per heavy atom. The fraction of sp³-hybridized carbons (Fsp3) is 0.394. The van der Waals surface area contributed by atoms with Gasteiger partial charge in [0.2, 0.25) is 0 Å². The maximum atomic E-state index is 13.5. The van der Waals surface area contributed by atoms with Crippen LogP contribution in [0, 0.1) is 5.92 Å². The molecule has 2 saturated heterocycles. The van der Waals surface area contributed by atoms with Crippen molar-refractivity contribution in [2.24, 2.45) is 5.92 Å². The van der Waals surface area contributed by atoms with Crippen molar-refractivity contribution >= 4 is 11.9 Å². The van der Waals surface area contributed by atoms with Gasteiger partial charge in [0, 0.05) is 29.5 Å². The highest BCUT2D eigenvalue weighted by molar-refractivity contribution is 5.98. The highest BCUT2D eigenvalue weighted by Crippen LogP contribution is 2.45. The van der Waals surface area contributed by atoms with Crippen LogP contribution in [0.1, 0.15) is 78.4 Å². The van der Waals surface area contributed by atoms with Gasteiger partial charge in [0.05, 0.1) is 0 Å². The van der Waals surface area contributed by atoms with Gasteiger partial charge in [-0.05, 0) is 66.3 Å². The number of hydrogen-bond donors (Lipinski definition) is 0. The summed E-state index contributed by atoms with van der Waals surface area (Å²) in [4.78, 5) is 28.8. The molecule has 1 aliphatic carbocycles. The number of carbonyl (C=O) groups is 2. The highest BCUT2D eigenvalue weighted by Gasteiger charge is 2.44. The molecule has 37 heavy (non-hydrogen) atoms. The second-order valence-electron chi connectivity index (χ2n) is 10.9. The molecular weight excluding hydrogens is 458 g/mol. The third kappa shape index (κ3) is 4.47. The minimum atomic E-state index is -0.216. The molecule has 3 aromatic carbocycles. The van der Waals surface area contributed by atoms with Crippen LogP contribution in [0.2, 0.25) is 0 Å². The summed E-state index contributed by atoms with van der Waals surface area (Å²) in [5.74, 6) is 0.267. The van der Waals surface area contributed by atoms with Gasteiger partial charge in [-0.3, -0.25) is 4.79 Å². The predicted octanol–water partition coefficient (Wildman–Crippen LogP) is 7.40. The Kier molecular flexibility index (Phi) is 6.58. The van der Waals surface area contributed by atoms with E-state index in [1.54, 1.807) is 0 Å². The number of fused-ring (bicyclic) bond motifs is 5. The van der Waals surface area contributed by atoms with Crippen molar-refractivity contribution in [1.29, 1.82) is 0 Å². The lowest BCUT2D eigenvalue weighted by atomic mass is 9.76. The van der Waals surface area contributed by atoms with Crippen LogP contribution in [0.15, 0.2) is 72.8 Å². The molecule has 3 aromatic rings. The smallest absolute Gasteiger partial charge is 0.410 e. The van der Waals surface area contributed by atoms with Crippen molar-refractivity contribution in [2.75, 3.05) is 6.61 Å². The van der Waals surface area contributed by atoms with E-state index in [9.17, 15) is 9.59 Å². The van der Waals surface area contributed by atoms with Crippen molar-refractivity contribution in [2.45, 2.75) is 69.9 Å². The zero-order chi connectivity index (χ0) is 25.4. The number of carbonyl (C=O) groups excluding carboxylic acids is 2. The number of Topliss-reactive ketones (excluding diaryl/α,β-unsaturated/α-hetero) is 1. The Balaban J connectivity index is 1.14. The van der Waals surface area contributed by atoms with E-state index in [1.165, 1.54) is 27.8 Å². The molecule has 6 rings (SSSR count). The number of hydrogen-bond acceptors (Lipinski definition) is 3. The molecule has 2 atom stereocenters. The fourth-order valence-corrected chi connectivity index (χ4v) is 6.92. The molecule has 0 radical (unpaired) electrons. The van der Waals surface area contributed by atoms with Crippen molar-refractivity contribution in [3.8, 4) is 11.1 Å². The molecule has 0 saturated carbocycles. The number of aryl methyl sites for hydroxylation is 1. The summed E-state index contributed by atoms with van der Waals surface area (Å²) in [6, 6.07) is 25.2. The van der Waals surface area contributed by atoms with Crippen LogP contribution in [0.25, 0.3) is 11.1 Å². The summed E-state index contributed by atoms with van der Waals surface area (Å²) >= 11 is 0. The van der Waals surface area contributed by atoms with Crippen LogP contribution in [0.3, 0.4) is 0 Å². The van der Waals surface area contributed by atoms with E-state index >= 15 is 0 Å². The van der Waals surface area contributed by atoms with E-state index in [1.807, 2.05) is 17.0 Å². The van der Waals surface area contributed by atoms with Gasteiger partial charge >= 0.3 is 6.09 Å². The Hall–Kier alpha value is -3.40. The molecule has 2 fully saturated rings. The first kappa shape index (κ1) is 24.0. The minimum Gasteiger partial charge on any atom is -0.448 e. The van der Waals surface area contributed by atoms with Crippen LogP contribution in [-0.2, 0) is 11.2 Å². The number of ether oxygens (including phenoxy) is 1. The van der Waals surface area contributed by atoms with Crippen molar-refractivity contribution in [3.63, 3.8) is 0 Å². The van der Waals surface area contributed by atoms with Crippen molar-refractivity contribution in [3.05, 3.63) is 95.1 Å². The van der Waals surface area contributed by atoms with E-state index in [-0.39, 0.29) is 35.8 Å². The highest BCUT2D eigenvalue weighted by atomic mass is 16.6. The lowest BCUT2D eigenvalue weighted by Gasteiger charge is -2.47. The summed E-state index contributed by atoms with van der Waals surface area (Å²) in [6.07, 6.45) is 6.38.